The summed E-state index contributed by atoms with van der Waals surface area (Å²) in [6, 6.07) is 2.53. The van der Waals surface area contributed by atoms with Crippen LogP contribution in [-0.4, -0.2) is 0 Å². The summed E-state index contributed by atoms with van der Waals surface area (Å²) < 4.78 is 0. The molecule has 0 aliphatic rings. The lowest BCUT2D eigenvalue weighted by Gasteiger charge is -2.15. The molecular formula is C12H22N2S. The van der Waals surface area contributed by atoms with E-state index >= 15 is 0 Å². The van der Waals surface area contributed by atoms with Crippen LogP contribution in [0.3, 0.4) is 0 Å². The van der Waals surface area contributed by atoms with Crippen molar-refractivity contribution in [1.82, 2.24) is 5.43 Å². The van der Waals surface area contributed by atoms with Crippen molar-refractivity contribution in [3.63, 3.8) is 0 Å². The van der Waals surface area contributed by atoms with Gasteiger partial charge in [0.2, 0.25) is 0 Å². The third kappa shape index (κ3) is 3.93. The number of hydrazine groups is 1. The van der Waals surface area contributed by atoms with Crippen molar-refractivity contribution in [3.8, 4) is 0 Å². The van der Waals surface area contributed by atoms with E-state index in [0.717, 1.165) is 6.42 Å². The van der Waals surface area contributed by atoms with Crippen molar-refractivity contribution in [2.24, 2.45) is 5.84 Å². The molecule has 3 N–H and O–H groups in total. The summed E-state index contributed by atoms with van der Waals surface area (Å²) in [4.78, 5) is 1.38. The quantitative estimate of drug-likeness (QED) is 0.424. The summed E-state index contributed by atoms with van der Waals surface area (Å²) in [5.41, 5.74) is 4.30. The monoisotopic (exact) mass is 226 g/mol. The van der Waals surface area contributed by atoms with Crippen LogP contribution in [0.25, 0.3) is 0 Å². The van der Waals surface area contributed by atoms with Gasteiger partial charge in [0.05, 0.1) is 0 Å². The minimum absolute atomic E-state index is 0.341. The topological polar surface area (TPSA) is 38.0 Å². The van der Waals surface area contributed by atoms with E-state index in [1.165, 1.54) is 36.1 Å². The second-order valence-corrected chi connectivity index (χ2v) is 5.12. The fourth-order valence-electron chi connectivity index (χ4n) is 1.86. The predicted octanol–water partition coefficient (Wildman–Crippen LogP) is 3.53. The van der Waals surface area contributed by atoms with Gasteiger partial charge in [0.25, 0.3) is 0 Å². The molecule has 0 saturated carbocycles. The fraction of sp³-hybridized carbons (Fsp3) is 0.667. The number of unbranched alkanes of at least 4 members (excludes halogenated alkanes) is 3. The molecule has 0 radical (unpaired) electrons. The van der Waals surface area contributed by atoms with Crippen LogP contribution in [0, 0.1) is 6.92 Å². The van der Waals surface area contributed by atoms with E-state index in [0.29, 0.717) is 6.04 Å². The average molecular weight is 226 g/mol. The number of thiophene rings is 1. The van der Waals surface area contributed by atoms with E-state index in [1.54, 1.807) is 11.3 Å². The molecule has 0 fully saturated rings. The third-order valence-corrected chi connectivity index (χ3v) is 3.68. The zero-order valence-electron chi connectivity index (χ0n) is 9.75. The highest BCUT2D eigenvalue weighted by Gasteiger charge is 2.12. The Bertz CT molecular complexity index is 270. The third-order valence-electron chi connectivity index (χ3n) is 2.82. The van der Waals surface area contributed by atoms with Crippen LogP contribution >= 0.6 is 11.3 Å². The van der Waals surface area contributed by atoms with Crippen molar-refractivity contribution in [2.45, 2.75) is 52.0 Å². The highest BCUT2D eigenvalue weighted by molar-refractivity contribution is 7.10. The van der Waals surface area contributed by atoms with Gasteiger partial charge in [0.1, 0.15) is 0 Å². The number of hydrogen-bond acceptors (Lipinski definition) is 3. The summed E-state index contributed by atoms with van der Waals surface area (Å²) in [6.45, 7) is 4.40. The predicted molar refractivity (Wildman–Crippen MR) is 67.9 cm³/mol. The lowest BCUT2D eigenvalue weighted by molar-refractivity contribution is 0.481. The van der Waals surface area contributed by atoms with Gasteiger partial charge in [0.15, 0.2) is 0 Å². The number of nitrogens with one attached hydrogen (secondary N) is 1. The largest absolute Gasteiger partial charge is 0.271 e. The molecule has 3 heteroatoms. The molecule has 0 bridgehead atoms. The van der Waals surface area contributed by atoms with Gasteiger partial charge in [0, 0.05) is 10.9 Å². The minimum atomic E-state index is 0.341. The van der Waals surface area contributed by atoms with Crippen molar-refractivity contribution in [1.29, 1.82) is 0 Å². The van der Waals surface area contributed by atoms with E-state index in [2.05, 4.69) is 30.7 Å². The first-order valence-corrected chi connectivity index (χ1v) is 6.67. The van der Waals surface area contributed by atoms with Crippen molar-refractivity contribution >= 4 is 11.3 Å². The van der Waals surface area contributed by atoms with E-state index in [1.807, 2.05) is 0 Å². The Balaban J connectivity index is 2.39. The molecule has 86 valence electrons. The van der Waals surface area contributed by atoms with Crippen molar-refractivity contribution in [2.75, 3.05) is 0 Å². The highest BCUT2D eigenvalue weighted by Crippen LogP contribution is 2.26. The fourth-order valence-corrected chi connectivity index (χ4v) is 2.63. The number of aryl methyl sites for hydroxylation is 1. The Morgan fingerprint density at radius 2 is 2.20 bits per heavy atom. The molecule has 1 heterocycles. The van der Waals surface area contributed by atoms with Gasteiger partial charge in [-0.25, -0.2) is 0 Å². The molecule has 0 spiro atoms. The zero-order valence-corrected chi connectivity index (χ0v) is 10.6. The summed E-state index contributed by atoms with van der Waals surface area (Å²) in [7, 11) is 0. The number of rotatable bonds is 7. The van der Waals surface area contributed by atoms with E-state index in [9.17, 15) is 0 Å². The van der Waals surface area contributed by atoms with Crippen molar-refractivity contribution < 1.29 is 0 Å². The summed E-state index contributed by atoms with van der Waals surface area (Å²) >= 11 is 1.80. The van der Waals surface area contributed by atoms with Gasteiger partial charge in [-0.15, -0.1) is 11.3 Å². The van der Waals surface area contributed by atoms with E-state index < -0.39 is 0 Å². The maximum atomic E-state index is 5.60. The van der Waals surface area contributed by atoms with E-state index in [-0.39, 0.29) is 0 Å². The average Bonchev–Trinajstić information content (AvgIpc) is 2.65. The van der Waals surface area contributed by atoms with Crippen LogP contribution in [0.2, 0.25) is 0 Å². The van der Waals surface area contributed by atoms with Gasteiger partial charge in [-0.2, -0.15) is 0 Å². The smallest absolute Gasteiger partial charge is 0.0470 e. The van der Waals surface area contributed by atoms with Crippen LogP contribution in [0.1, 0.15) is 55.5 Å². The molecule has 1 aromatic heterocycles. The Kier molecular flexibility index (Phi) is 5.91. The summed E-state index contributed by atoms with van der Waals surface area (Å²) in [5.74, 6) is 5.60. The van der Waals surface area contributed by atoms with Gasteiger partial charge < -0.3 is 0 Å². The summed E-state index contributed by atoms with van der Waals surface area (Å²) in [5, 5.41) is 2.14. The Hall–Kier alpha value is -0.380. The second kappa shape index (κ2) is 6.99. The van der Waals surface area contributed by atoms with Crippen LogP contribution in [0.5, 0.6) is 0 Å². The van der Waals surface area contributed by atoms with Crippen molar-refractivity contribution in [3.05, 3.63) is 21.9 Å². The van der Waals surface area contributed by atoms with Crippen LogP contribution < -0.4 is 11.3 Å². The molecule has 0 saturated heterocycles. The molecule has 0 aliphatic carbocycles. The molecule has 0 aliphatic heterocycles. The first-order valence-electron chi connectivity index (χ1n) is 5.79. The van der Waals surface area contributed by atoms with Crippen LogP contribution in [0.4, 0.5) is 0 Å². The number of hydrogen-bond donors (Lipinski definition) is 2. The highest BCUT2D eigenvalue weighted by atomic mass is 32.1. The SMILES string of the molecule is CCCCCCC(NN)c1ccsc1C. The summed E-state index contributed by atoms with van der Waals surface area (Å²) in [6.07, 6.45) is 6.35. The van der Waals surface area contributed by atoms with Gasteiger partial charge in [-0.3, -0.25) is 11.3 Å². The molecule has 0 amide bonds. The maximum Gasteiger partial charge on any atom is 0.0470 e. The Labute approximate surface area is 96.9 Å². The van der Waals surface area contributed by atoms with Gasteiger partial charge in [-0.1, -0.05) is 32.6 Å². The standard InChI is InChI=1S/C12H22N2S/c1-3-4-5-6-7-12(14-13)11-8-9-15-10(11)2/h8-9,12,14H,3-7,13H2,1-2H3. The number of nitrogens with two attached hydrogens (primary N) is 1. The molecule has 1 rings (SSSR count). The minimum Gasteiger partial charge on any atom is -0.271 e. The Morgan fingerprint density at radius 1 is 1.40 bits per heavy atom. The lowest BCUT2D eigenvalue weighted by Crippen LogP contribution is -2.28. The zero-order chi connectivity index (χ0) is 11.1. The van der Waals surface area contributed by atoms with E-state index in [4.69, 9.17) is 5.84 Å². The van der Waals surface area contributed by atoms with Gasteiger partial charge >= 0.3 is 0 Å². The first kappa shape index (κ1) is 12.7. The van der Waals surface area contributed by atoms with Crippen LogP contribution in [0.15, 0.2) is 11.4 Å². The molecular weight excluding hydrogens is 204 g/mol. The maximum absolute atomic E-state index is 5.60. The molecule has 1 aromatic rings. The molecule has 2 nitrogen and oxygen atoms in total. The second-order valence-electron chi connectivity index (χ2n) is 4.00. The normalized spacial score (nSPS) is 13.0. The van der Waals surface area contributed by atoms with Crippen LogP contribution in [-0.2, 0) is 0 Å². The first-order chi connectivity index (χ1) is 7.29. The molecule has 1 unspecified atom stereocenters. The molecule has 0 aromatic carbocycles. The molecule has 15 heavy (non-hydrogen) atoms. The lowest BCUT2D eigenvalue weighted by atomic mass is 10.0. The Morgan fingerprint density at radius 3 is 2.73 bits per heavy atom. The molecule has 1 atom stereocenters. The van der Waals surface area contributed by atoms with Gasteiger partial charge in [-0.05, 0) is 30.4 Å².